The van der Waals surface area contributed by atoms with Gasteiger partial charge in [-0.3, -0.25) is 4.79 Å². The molecule has 2 N–H and O–H groups in total. The molecule has 0 aliphatic carbocycles. The summed E-state index contributed by atoms with van der Waals surface area (Å²) in [7, 11) is 0. The Balaban J connectivity index is 2.01. The van der Waals surface area contributed by atoms with Gasteiger partial charge in [-0.25, -0.2) is 4.39 Å². The van der Waals surface area contributed by atoms with Crippen LogP contribution in [0.5, 0.6) is 0 Å². The number of amides is 1. The Bertz CT molecular complexity index is 459. The van der Waals surface area contributed by atoms with E-state index >= 15 is 0 Å². The van der Waals surface area contributed by atoms with E-state index in [2.05, 4.69) is 0 Å². The van der Waals surface area contributed by atoms with Crippen molar-refractivity contribution in [1.29, 1.82) is 0 Å². The Hall–Kier alpha value is -0.690. The molecule has 1 heterocycles. The Morgan fingerprint density at radius 1 is 1.42 bits per heavy atom. The van der Waals surface area contributed by atoms with Gasteiger partial charge in [0.15, 0.2) is 0 Å². The van der Waals surface area contributed by atoms with E-state index < -0.39 is 0 Å². The first-order chi connectivity index (χ1) is 9.11. The van der Waals surface area contributed by atoms with E-state index in [1.165, 1.54) is 12.1 Å². The van der Waals surface area contributed by atoms with Gasteiger partial charge in [-0.2, -0.15) is 0 Å². The molecule has 0 aromatic heterocycles. The van der Waals surface area contributed by atoms with E-state index in [0.717, 1.165) is 32.4 Å². The largest absolute Gasteiger partial charge is 0.339 e. The first-order valence-corrected chi connectivity index (χ1v) is 7.64. The molecule has 5 heteroatoms. The second-order valence-electron chi connectivity index (χ2n) is 4.94. The minimum Gasteiger partial charge on any atom is -0.339 e. The van der Waals surface area contributed by atoms with Crippen LogP contribution in [0.25, 0.3) is 0 Å². The highest BCUT2D eigenvalue weighted by molar-refractivity contribution is 14.1. The van der Waals surface area contributed by atoms with Gasteiger partial charge in [-0.1, -0.05) is 0 Å². The fourth-order valence-corrected chi connectivity index (χ4v) is 3.20. The summed E-state index contributed by atoms with van der Waals surface area (Å²) in [6.07, 6.45) is 3.07. The molecule has 1 aromatic rings. The van der Waals surface area contributed by atoms with Crippen molar-refractivity contribution in [1.82, 2.24) is 4.90 Å². The number of hydrogen-bond acceptors (Lipinski definition) is 2. The van der Waals surface area contributed by atoms with Crippen LogP contribution >= 0.6 is 22.6 Å². The van der Waals surface area contributed by atoms with Gasteiger partial charge in [0.1, 0.15) is 5.82 Å². The highest BCUT2D eigenvalue weighted by Gasteiger charge is 2.24. The van der Waals surface area contributed by atoms with Gasteiger partial charge in [0.05, 0.1) is 5.56 Å². The highest BCUT2D eigenvalue weighted by atomic mass is 127. The third kappa shape index (κ3) is 3.66. The number of carbonyl (C=O) groups is 1. The van der Waals surface area contributed by atoms with Crippen molar-refractivity contribution in [2.24, 2.45) is 11.7 Å². The molecule has 0 unspecified atom stereocenters. The van der Waals surface area contributed by atoms with E-state index in [9.17, 15) is 9.18 Å². The van der Waals surface area contributed by atoms with Crippen molar-refractivity contribution in [3.05, 3.63) is 33.1 Å². The number of benzene rings is 1. The molecule has 0 atom stereocenters. The van der Waals surface area contributed by atoms with Gasteiger partial charge in [-0.15, -0.1) is 0 Å². The van der Waals surface area contributed by atoms with Gasteiger partial charge in [-0.05, 0) is 72.5 Å². The SMILES string of the molecule is NCCC1CCN(C(=O)c2ccc(F)cc2I)CC1. The van der Waals surface area contributed by atoms with E-state index in [4.69, 9.17) is 5.73 Å². The number of carbonyl (C=O) groups excluding carboxylic acids is 1. The van der Waals surface area contributed by atoms with Crippen molar-refractivity contribution in [2.75, 3.05) is 19.6 Å². The second-order valence-corrected chi connectivity index (χ2v) is 6.10. The van der Waals surface area contributed by atoms with E-state index in [-0.39, 0.29) is 11.7 Å². The molecular formula is C14H18FIN2O. The van der Waals surface area contributed by atoms with E-state index in [1.807, 2.05) is 27.5 Å². The molecule has 1 amide bonds. The smallest absolute Gasteiger partial charge is 0.254 e. The molecule has 19 heavy (non-hydrogen) atoms. The maximum Gasteiger partial charge on any atom is 0.254 e. The molecule has 104 valence electrons. The van der Waals surface area contributed by atoms with Crippen LogP contribution in [0.4, 0.5) is 4.39 Å². The molecule has 1 aliphatic rings. The lowest BCUT2D eigenvalue weighted by atomic mass is 9.93. The summed E-state index contributed by atoms with van der Waals surface area (Å²) in [6.45, 7) is 2.27. The number of halogens is 2. The first-order valence-electron chi connectivity index (χ1n) is 6.56. The van der Waals surface area contributed by atoms with Gasteiger partial charge < -0.3 is 10.6 Å². The maximum atomic E-state index is 13.0. The summed E-state index contributed by atoms with van der Waals surface area (Å²) in [5.74, 6) is 0.347. The molecule has 0 radical (unpaired) electrons. The summed E-state index contributed by atoms with van der Waals surface area (Å²) in [6, 6.07) is 4.32. The minimum absolute atomic E-state index is 0.00981. The molecule has 0 bridgehead atoms. The first kappa shape index (κ1) is 14.7. The van der Waals surface area contributed by atoms with Crippen LogP contribution in [-0.4, -0.2) is 30.4 Å². The predicted molar refractivity (Wildman–Crippen MR) is 81.4 cm³/mol. The number of rotatable bonds is 3. The quantitative estimate of drug-likeness (QED) is 0.825. The lowest BCUT2D eigenvalue weighted by Gasteiger charge is -2.32. The van der Waals surface area contributed by atoms with Crippen LogP contribution in [0, 0.1) is 15.3 Å². The van der Waals surface area contributed by atoms with Crippen LogP contribution in [0.3, 0.4) is 0 Å². The van der Waals surface area contributed by atoms with Gasteiger partial charge in [0, 0.05) is 16.7 Å². The zero-order chi connectivity index (χ0) is 13.8. The zero-order valence-corrected chi connectivity index (χ0v) is 12.9. The van der Waals surface area contributed by atoms with E-state index in [0.29, 0.717) is 21.6 Å². The van der Waals surface area contributed by atoms with Crippen LogP contribution in [0.15, 0.2) is 18.2 Å². The Morgan fingerprint density at radius 3 is 2.68 bits per heavy atom. The molecule has 0 saturated carbocycles. The Labute approximate surface area is 126 Å². The average molecular weight is 376 g/mol. The third-order valence-corrected chi connectivity index (χ3v) is 4.53. The molecule has 3 nitrogen and oxygen atoms in total. The molecule has 1 saturated heterocycles. The molecule has 1 aromatic carbocycles. The van der Waals surface area contributed by atoms with Gasteiger partial charge in [0.25, 0.3) is 5.91 Å². The molecule has 2 rings (SSSR count). The standard InChI is InChI=1S/C14H18FIN2O/c15-11-1-2-12(13(16)9-11)14(19)18-7-4-10(3-6-17)5-8-18/h1-2,9-10H,3-8,17H2. The molecule has 0 spiro atoms. The Kier molecular flexibility index (Phi) is 5.15. The fourth-order valence-electron chi connectivity index (χ4n) is 2.49. The fraction of sp³-hybridized carbons (Fsp3) is 0.500. The normalized spacial score (nSPS) is 16.7. The van der Waals surface area contributed by atoms with Gasteiger partial charge in [0.2, 0.25) is 0 Å². The van der Waals surface area contributed by atoms with Crippen molar-refractivity contribution < 1.29 is 9.18 Å². The van der Waals surface area contributed by atoms with Crippen LogP contribution in [0.2, 0.25) is 0 Å². The van der Waals surface area contributed by atoms with E-state index in [1.54, 1.807) is 6.07 Å². The lowest BCUT2D eigenvalue weighted by Crippen LogP contribution is -2.39. The number of hydrogen-bond donors (Lipinski definition) is 1. The third-order valence-electron chi connectivity index (χ3n) is 3.64. The molecule has 1 aliphatic heterocycles. The predicted octanol–water partition coefficient (Wildman–Crippen LogP) is 2.63. The van der Waals surface area contributed by atoms with Crippen molar-refractivity contribution >= 4 is 28.5 Å². The second kappa shape index (κ2) is 6.65. The number of piperidine rings is 1. The summed E-state index contributed by atoms with van der Waals surface area (Å²) in [4.78, 5) is 14.2. The highest BCUT2D eigenvalue weighted by Crippen LogP contribution is 2.23. The number of nitrogens with two attached hydrogens (primary N) is 1. The summed E-state index contributed by atoms with van der Waals surface area (Å²) in [5.41, 5.74) is 6.16. The maximum absolute atomic E-state index is 13.0. The summed E-state index contributed by atoms with van der Waals surface area (Å²) >= 11 is 2.01. The monoisotopic (exact) mass is 376 g/mol. The Morgan fingerprint density at radius 2 is 2.11 bits per heavy atom. The minimum atomic E-state index is -0.303. The lowest BCUT2D eigenvalue weighted by molar-refractivity contribution is 0.0687. The zero-order valence-electron chi connectivity index (χ0n) is 10.7. The average Bonchev–Trinajstić information content (AvgIpc) is 2.39. The summed E-state index contributed by atoms with van der Waals surface area (Å²) < 4.78 is 13.7. The van der Waals surface area contributed by atoms with Gasteiger partial charge >= 0.3 is 0 Å². The molecular weight excluding hydrogens is 358 g/mol. The number of nitrogens with zero attached hydrogens (tertiary/aromatic N) is 1. The topological polar surface area (TPSA) is 46.3 Å². The van der Waals surface area contributed by atoms with Crippen molar-refractivity contribution in [2.45, 2.75) is 19.3 Å². The number of likely N-dealkylation sites (tertiary alicyclic amines) is 1. The van der Waals surface area contributed by atoms with Crippen LogP contribution in [-0.2, 0) is 0 Å². The van der Waals surface area contributed by atoms with Crippen LogP contribution < -0.4 is 5.73 Å². The van der Waals surface area contributed by atoms with Crippen LogP contribution in [0.1, 0.15) is 29.6 Å². The van der Waals surface area contributed by atoms with Crippen molar-refractivity contribution in [3.63, 3.8) is 0 Å². The van der Waals surface area contributed by atoms with Crippen molar-refractivity contribution in [3.8, 4) is 0 Å². The molecule has 1 fully saturated rings. The summed E-state index contributed by atoms with van der Waals surface area (Å²) in [5, 5.41) is 0.